The normalized spacial score (nSPS) is 13.7. The summed E-state index contributed by atoms with van der Waals surface area (Å²) in [6, 6.07) is 6.33. The van der Waals surface area contributed by atoms with E-state index in [4.69, 9.17) is 4.84 Å². The van der Waals surface area contributed by atoms with Crippen LogP contribution in [0, 0.1) is 0 Å². The zero-order valence-electron chi connectivity index (χ0n) is 12.9. The lowest BCUT2D eigenvalue weighted by Crippen LogP contribution is -2.33. The maximum Gasteiger partial charge on any atom is 0.367 e. The Kier molecular flexibility index (Phi) is 3.48. The third-order valence-electron chi connectivity index (χ3n) is 3.68. The van der Waals surface area contributed by atoms with Gasteiger partial charge in [-0.15, -0.1) is 0 Å². The third-order valence-corrected chi connectivity index (χ3v) is 3.68. The highest BCUT2D eigenvalue weighted by Gasteiger charge is 2.39. The minimum atomic E-state index is -0.781. The van der Waals surface area contributed by atoms with Crippen LogP contribution in [0.2, 0.25) is 0 Å². The van der Waals surface area contributed by atoms with Crippen molar-refractivity contribution in [2.75, 3.05) is 0 Å². The topological polar surface area (TPSA) is 81.5 Å². The minimum Gasteiger partial charge on any atom is -0.324 e. The molecule has 118 valence electrons. The van der Waals surface area contributed by atoms with Gasteiger partial charge < -0.3 is 4.84 Å². The Hall–Kier alpha value is -2.96. The Morgan fingerprint density at radius 3 is 2.22 bits per heavy atom. The molecule has 0 saturated heterocycles. The average Bonchev–Trinajstić information content (AvgIpc) is 3.02. The van der Waals surface area contributed by atoms with Crippen molar-refractivity contribution in [3.8, 4) is 0 Å². The molecule has 2 heterocycles. The lowest BCUT2D eigenvalue weighted by atomic mass is 10.1. The first kappa shape index (κ1) is 15.0. The highest BCUT2D eigenvalue weighted by molar-refractivity contribution is 6.21. The molecule has 0 bridgehead atoms. The summed E-state index contributed by atoms with van der Waals surface area (Å²) >= 11 is 0. The molecular formula is C16H15N3O4. The molecule has 1 aliphatic heterocycles. The maximum absolute atomic E-state index is 12.4. The van der Waals surface area contributed by atoms with E-state index in [2.05, 4.69) is 5.10 Å². The van der Waals surface area contributed by atoms with Gasteiger partial charge in [0.15, 0.2) is 0 Å². The number of aromatic nitrogens is 2. The van der Waals surface area contributed by atoms with E-state index in [1.54, 1.807) is 23.9 Å². The quantitative estimate of drug-likeness (QED) is 0.809. The zero-order chi connectivity index (χ0) is 16.7. The number of rotatable bonds is 3. The van der Waals surface area contributed by atoms with Gasteiger partial charge in [-0.05, 0) is 18.1 Å². The van der Waals surface area contributed by atoms with Crippen LogP contribution >= 0.6 is 0 Å². The van der Waals surface area contributed by atoms with Gasteiger partial charge in [0.05, 0.1) is 23.0 Å². The number of aryl methyl sites for hydroxylation is 1. The van der Waals surface area contributed by atoms with Gasteiger partial charge in [0, 0.05) is 7.05 Å². The summed E-state index contributed by atoms with van der Waals surface area (Å²) in [5.41, 5.74) is 1.35. The molecular weight excluding hydrogens is 298 g/mol. The van der Waals surface area contributed by atoms with Crippen molar-refractivity contribution >= 4 is 17.8 Å². The Morgan fingerprint density at radius 2 is 1.70 bits per heavy atom. The smallest absolute Gasteiger partial charge is 0.324 e. The van der Waals surface area contributed by atoms with Gasteiger partial charge in [-0.3, -0.25) is 14.3 Å². The summed E-state index contributed by atoms with van der Waals surface area (Å²) in [5, 5.41) is 4.54. The molecule has 23 heavy (non-hydrogen) atoms. The molecule has 7 nitrogen and oxygen atoms in total. The van der Waals surface area contributed by atoms with Gasteiger partial charge in [0.2, 0.25) is 0 Å². The van der Waals surface area contributed by atoms with E-state index in [-0.39, 0.29) is 22.6 Å². The lowest BCUT2D eigenvalue weighted by molar-refractivity contribution is -0.0585. The van der Waals surface area contributed by atoms with E-state index in [1.165, 1.54) is 18.3 Å². The van der Waals surface area contributed by atoms with Gasteiger partial charge in [-0.2, -0.15) is 5.10 Å². The van der Waals surface area contributed by atoms with Gasteiger partial charge in [-0.1, -0.05) is 31.0 Å². The average molecular weight is 313 g/mol. The number of amides is 2. The van der Waals surface area contributed by atoms with Crippen molar-refractivity contribution in [3.63, 3.8) is 0 Å². The summed E-state index contributed by atoms with van der Waals surface area (Å²) in [7, 11) is 1.72. The van der Waals surface area contributed by atoms with Gasteiger partial charge in [-0.25, -0.2) is 4.79 Å². The summed E-state index contributed by atoms with van der Waals surface area (Å²) < 4.78 is 1.57. The Balaban J connectivity index is 1.88. The summed E-state index contributed by atoms with van der Waals surface area (Å²) in [5.74, 6) is -2.04. The van der Waals surface area contributed by atoms with E-state index < -0.39 is 17.8 Å². The van der Waals surface area contributed by atoms with Crippen LogP contribution < -0.4 is 0 Å². The van der Waals surface area contributed by atoms with Crippen molar-refractivity contribution in [1.29, 1.82) is 0 Å². The first-order valence-corrected chi connectivity index (χ1v) is 7.13. The third kappa shape index (κ3) is 2.30. The minimum absolute atomic E-state index is 0.0345. The number of carbonyl (C=O) groups is 3. The van der Waals surface area contributed by atoms with Gasteiger partial charge in [0.25, 0.3) is 11.8 Å². The fourth-order valence-electron chi connectivity index (χ4n) is 2.67. The fourth-order valence-corrected chi connectivity index (χ4v) is 2.67. The van der Waals surface area contributed by atoms with Crippen molar-refractivity contribution < 1.29 is 19.2 Å². The monoisotopic (exact) mass is 313 g/mol. The Labute approximate surface area is 132 Å². The highest BCUT2D eigenvalue weighted by atomic mass is 16.7. The fraction of sp³-hybridized carbons (Fsp3) is 0.250. The highest BCUT2D eigenvalue weighted by Crippen LogP contribution is 2.25. The molecule has 0 radical (unpaired) electrons. The van der Waals surface area contributed by atoms with Crippen LogP contribution in [0.25, 0.3) is 0 Å². The number of carbonyl (C=O) groups excluding carboxylic acids is 3. The van der Waals surface area contributed by atoms with E-state index >= 15 is 0 Å². The second-order valence-electron chi connectivity index (χ2n) is 5.55. The largest absolute Gasteiger partial charge is 0.367 e. The summed E-state index contributed by atoms with van der Waals surface area (Å²) in [6.07, 6.45) is 1.37. The number of benzene rings is 1. The van der Waals surface area contributed by atoms with E-state index in [9.17, 15) is 14.4 Å². The maximum atomic E-state index is 12.4. The molecule has 0 atom stereocenters. The molecule has 0 saturated carbocycles. The van der Waals surface area contributed by atoms with Crippen LogP contribution in [0.15, 0.2) is 30.5 Å². The van der Waals surface area contributed by atoms with E-state index in [0.717, 1.165) is 0 Å². The van der Waals surface area contributed by atoms with E-state index in [1.807, 2.05) is 13.8 Å². The molecule has 1 aromatic carbocycles. The predicted molar refractivity (Wildman–Crippen MR) is 79.7 cm³/mol. The predicted octanol–water partition coefficient (Wildman–Crippen LogP) is 1.91. The van der Waals surface area contributed by atoms with Crippen molar-refractivity contribution in [1.82, 2.24) is 14.8 Å². The second-order valence-corrected chi connectivity index (χ2v) is 5.55. The van der Waals surface area contributed by atoms with Crippen LogP contribution in [0.5, 0.6) is 0 Å². The number of imide groups is 1. The van der Waals surface area contributed by atoms with Crippen LogP contribution in [-0.4, -0.2) is 32.6 Å². The molecule has 2 aromatic rings. The molecule has 2 amide bonds. The van der Waals surface area contributed by atoms with Crippen LogP contribution in [0.1, 0.15) is 56.5 Å². The molecule has 1 aliphatic rings. The van der Waals surface area contributed by atoms with Crippen LogP contribution in [0.3, 0.4) is 0 Å². The molecule has 7 heteroatoms. The Bertz CT molecular complexity index is 787. The molecule has 0 spiro atoms. The van der Waals surface area contributed by atoms with Gasteiger partial charge >= 0.3 is 5.97 Å². The summed E-state index contributed by atoms with van der Waals surface area (Å²) in [6.45, 7) is 3.83. The SMILES string of the molecule is CC(C)c1c(C(=O)ON2C(=O)c3ccccc3C2=O)cnn1C. The Morgan fingerprint density at radius 1 is 1.13 bits per heavy atom. The number of hydrogen-bond acceptors (Lipinski definition) is 5. The van der Waals surface area contributed by atoms with Crippen LogP contribution in [-0.2, 0) is 11.9 Å². The van der Waals surface area contributed by atoms with E-state index in [0.29, 0.717) is 10.8 Å². The standard InChI is InChI=1S/C16H15N3O4/c1-9(2)13-12(8-17-18(13)3)16(22)23-19-14(20)10-6-4-5-7-11(10)15(19)21/h4-9H,1-3H3. The molecule has 3 rings (SSSR count). The number of hydrogen-bond donors (Lipinski definition) is 0. The van der Waals surface area contributed by atoms with Crippen LogP contribution in [0.4, 0.5) is 0 Å². The molecule has 0 aliphatic carbocycles. The number of nitrogens with zero attached hydrogens (tertiary/aromatic N) is 3. The number of fused-ring (bicyclic) bond motifs is 1. The summed E-state index contributed by atoms with van der Waals surface area (Å²) in [4.78, 5) is 41.8. The molecule has 1 aromatic heterocycles. The van der Waals surface area contributed by atoms with Crippen molar-refractivity contribution in [2.24, 2.45) is 7.05 Å². The lowest BCUT2D eigenvalue weighted by Gasteiger charge is -2.14. The van der Waals surface area contributed by atoms with Crippen molar-refractivity contribution in [3.05, 3.63) is 52.8 Å². The first-order chi connectivity index (χ1) is 10.9. The van der Waals surface area contributed by atoms with Crippen molar-refractivity contribution in [2.45, 2.75) is 19.8 Å². The molecule has 0 N–H and O–H groups in total. The first-order valence-electron chi connectivity index (χ1n) is 7.13. The zero-order valence-corrected chi connectivity index (χ0v) is 12.9. The second kappa shape index (κ2) is 5.35. The molecule has 0 fully saturated rings. The van der Waals surface area contributed by atoms with Gasteiger partial charge in [0.1, 0.15) is 5.56 Å². The number of hydroxylamine groups is 2. The molecule has 0 unspecified atom stereocenters.